The molecule has 1 heterocycles. The summed E-state index contributed by atoms with van der Waals surface area (Å²) in [6, 6.07) is 9.61. The molecule has 0 radical (unpaired) electrons. The molecule has 0 spiro atoms. The van der Waals surface area contributed by atoms with Crippen molar-refractivity contribution < 1.29 is 4.74 Å². The standard InChI is InChI=1S/C14H16ClN3O/c1-10-7-13(15)18-14(17-10)9-19-12-6-4-3-5-11(12)8-16-2/h3-7,16H,8-9H2,1-2H3. The Labute approximate surface area is 117 Å². The molecule has 0 saturated carbocycles. The van der Waals surface area contributed by atoms with Crippen molar-refractivity contribution >= 4 is 11.6 Å². The quantitative estimate of drug-likeness (QED) is 0.854. The molecule has 2 rings (SSSR count). The number of halogens is 1. The van der Waals surface area contributed by atoms with E-state index in [1.165, 1.54) is 0 Å². The highest BCUT2D eigenvalue weighted by atomic mass is 35.5. The third-order valence-electron chi connectivity index (χ3n) is 2.57. The Balaban J connectivity index is 2.09. The van der Waals surface area contributed by atoms with Crippen LogP contribution >= 0.6 is 11.6 Å². The summed E-state index contributed by atoms with van der Waals surface area (Å²) in [5.41, 5.74) is 1.94. The van der Waals surface area contributed by atoms with Gasteiger partial charge in [0.2, 0.25) is 0 Å². The average molecular weight is 278 g/mol. The van der Waals surface area contributed by atoms with E-state index in [4.69, 9.17) is 16.3 Å². The highest BCUT2D eigenvalue weighted by Gasteiger charge is 2.05. The van der Waals surface area contributed by atoms with Gasteiger partial charge < -0.3 is 10.1 Å². The third-order valence-corrected chi connectivity index (χ3v) is 2.76. The van der Waals surface area contributed by atoms with E-state index in [0.29, 0.717) is 17.6 Å². The summed E-state index contributed by atoms with van der Waals surface area (Å²) >= 11 is 5.90. The van der Waals surface area contributed by atoms with E-state index in [1.807, 2.05) is 38.2 Å². The molecule has 0 unspecified atom stereocenters. The summed E-state index contributed by atoms with van der Waals surface area (Å²) in [6.07, 6.45) is 0. The predicted octanol–water partition coefficient (Wildman–Crippen LogP) is 2.74. The first kappa shape index (κ1) is 13.8. The van der Waals surface area contributed by atoms with E-state index in [-0.39, 0.29) is 0 Å². The second kappa shape index (κ2) is 6.50. The third kappa shape index (κ3) is 3.91. The summed E-state index contributed by atoms with van der Waals surface area (Å²) in [4.78, 5) is 8.43. The zero-order chi connectivity index (χ0) is 13.7. The molecule has 19 heavy (non-hydrogen) atoms. The minimum absolute atomic E-state index is 0.308. The summed E-state index contributed by atoms with van der Waals surface area (Å²) in [5.74, 6) is 1.42. The van der Waals surface area contributed by atoms with Gasteiger partial charge in [0.05, 0.1) is 0 Å². The number of aromatic nitrogens is 2. The first-order valence-electron chi connectivity index (χ1n) is 6.04. The van der Waals surface area contributed by atoms with Gasteiger partial charge in [0.15, 0.2) is 5.82 Å². The number of hydrogen-bond donors (Lipinski definition) is 1. The maximum atomic E-state index is 5.90. The Morgan fingerprint density at radius 2 is 2.05 bits per heavy atom. The van der Waals surface area contributed by atoms with Crippen LogP contribution in [0.2, 0.25) is 5.15 Å². The Hall–Kier alpha value is -1.65. The van der Waals surface area contributed by atoms with Gasteiger partial charge >= 0.3 is 0 Å². The van der Waals surface area contributed by atoms with Gasteiger partial charge in [-0.2, -0.15) is 0 Å². The molecule has 1 aromatic heterocycles. The van der Waals surface area contributed by atoms with E-state index in [0.717, 1.165) is 23.6 Å². The molecule has 0 saturated heterocycles. The van der Waals surface area contributed by atoms with Crippen molar-refractivity contribution in [2.75, 3.05) is 7.05 Å². The van der Waals surface area contributed by atoms with E-state index in [2.05, 4.69) is 15.3 Å². The lowest BCUT2D eigenvalue weighted by Crippen LogP contribution is -2.08. The Morgan fingerprint density at radius 1 is 1.26 bits per heavy atom. The highest BCUT2D eigenvalue weighted by molar-refractivity contribution is 6.29. The van der Waals surface area contributed by atoms with Gasteiger partial charge in [-0.1, -0.05) is 29.8 Å². The molecule has 0 aliphatic carbocycles. The average Bonchev–Trinajstić information content (AvgIpc) is 2.37. The van der Waals surface area contributed by atoms with Crippen LogP contribution < -0.4 is 10.1 Å². The molecule has 0 aliphatic rings. The number of aryl methyl sites for hydroxylation is 1. The largest absolute Gasteiger partial charge is 0.485 e. The topological polar surface area (TPSA) is 47.0 Å². The number of hydrogen-bond acceptors (Lipinski definition) is 4. The fourth-order valence-corrected chi connectivity index (χ4v) is 2.03. The second-order valence-corrected chi connectivity index (χ2v) is 4.56. The van der Waals surface area contributed by atoms with Gasteiger partial charge in [-0.15, -0.1) is 0 Å². The number of benzene rings is 1. The molecule has 2 aromatic rings. The van der Waals surface area contributed by atoms with Gasteiger partial charge in [-0.3, -0.25) is 0 Å². The zero-order valence-corrected chi connectivity index (χ0v) is 11.7. The number of para-hydroxylation sites is 1. The van der Waals surface area contributed by atoms with Crippen molar-refractivity contribution in [2.24, 2.45) is 0 Å². The van der Waals surface area contributed by atoms with Crippen molar-refractivity contribution in [1.29, 1.82) is 0 Å². The van der Waals surface area contributed by atoms with Crippen LogP contribution in [-0.4, -0.2) is 17.0 Å². The minimum atomic E-state index is 0.308. The van der Waals surface area contributed by atoms with Gasteiger partial charge in [-0.05, 0) is 26.1 Å². The fourth-order valence-electron chi connectivity index (χ4n) is 1.78. The van der Waals surface area contributed by atoms with Crippen molar-refractivity contribution in [3.63, 3.8) is 0 Å². The van der Waals surface area contributed by atoms with Crippen molar-refractivity contribution in [2.45, 2.75) is 20.1 Å². The van der Waals surface area contributed by atoms with Crippen molar-refractivity contribution in [3.8, 4) is 5.75 Å². The Kier molecular flexibility index (Phi) is 4.71. The SMILES string of the molecule is CNCc1ccccc1OCc1nc(C)cc(Cl)n1. The van der Waals surface area contributed by atoms with Crippen LogP contribution in [0.5, 0.6) is 5.75 Å². The van der Waals surface area contributed by atoms with Gasteiger partial charge in [0.1, 0.15) is 17.5 Å². The normalized spacial score (nSPS) is 10.5. The number of ether oxygens (including phenoxy) is 1. The molecule has 0 fully saturated rings. The number of nitrogens with zero attached hydrogens (tertiary/aromatic N) is 2. The summed E-state index contributed by atoms with van der Waals surface area (Å²) in [6.45, 7) is 2.94. The molecular weight excluding hydrogens is 262 g/mol. The molecule has 0 bridgehead atoms. The Bertz CT molecular complexity index is 540. The van der Waals surface area contributed by atoms with Crippen LogP contribution in [0.3, 0.4) is 0 Å². The number of rotatable bonds is 5. The van der Waals surface area contributed by atoms with Crippen LogP contribution in [0.25, 0.3) is 0 Å². The number of nitrogens with one attached hydrogen (secondary N) is 1. The first-order chi connectivity index (χ1) is 9.19. The monoisotopic (exact) mass is 277 g/mol. The predicted molar refractivity (Wildman–Crippen MR) is 75.3 cm³/mol. The maximum Gasteiger partial charge on any atom is 0.167 e. The minimum Gasteiger partial charge on any atom is -0.485 e. The van der Waals surface area contributed by atoms with Crippen molar-refractivity contribution in [1.82, 2.24) is 15.3 Å². The van der Waals surface area contributed by atoms with E-state index < -0.39 is 0 Å². The molecule has 1 N–H and O–H groups in total. The fraction of sp³-hybridized carbons (Fsp3) is 0.286. The molecule has 5 heteroatoms. The lowest BCUT2D eigenvalue weighted by molar-refractivity contribution is 0.292. The van der Waals surface area contributed by atoms with Crippen LogP contribution in [-0.2, 0) is 13.2 Å². The molecule has 0 amide bonds. The van der Waals surface area contributed by atoms with Gasteiger partial charge in [0, 0.05) is 17.8 Å². The van der Waals surface area contributed by atoms with Gasteiger partial charge in [-0.25, -0.2) is 9.97 Å². The molecule has 100 valence electrons. The van der Waals surface area contributed by atoms with E-state index >= 15 is 0 Å². The van der Waals surface area contributed by atoms with E-state index in [9.17, 15) is 0 Å². The van der Waals surface area contributed by atoms with E-state index in [1.54, 1.807) is 6.07 Å². The zero-order valence-electron chi connectivity index (χ0n) is 11.0. The van der Waals surface area contributed by atoms with Gasteiger partial charge in [0.25, 0.3) is 0 Å². The summed E-state index contributed by atoms with van der Waals surface area (Å²) in [7, 11) is 1.90. The Morgan fingerprint density at radius 3 is 2.79 bits per heavy atom. The molecule has 1 aromatic carbocycles. The molecule has 4 nitrogen and oxygen atoms in total. The second-order valence-electron chi connectivity index (χ2n) is 4.18. The first-order valence-corrected chi connectivity index (χ1v) is 6.42. The maximum absolute atomic E-state index is 5.90. The lowest BCUT2D eigenvalue weighted by Gasteiger charge is -2.10. The molecule has 0 atom stereocenters. The smallest absolute Gasteiger partial charge is 0.167 e. The molecule has 0 aliphatic heterocycles. The van der Waals surface area contributed by atoms with Crippen molar-refractivity contribution in [3.05, 3.63) is 52.6 Å². The lowest BCUT2D eigenvalue weighted by atomic mass is 10.2. The summed E-state index contributed by atoms with van der Waals surface area (Å²) in [5, 5.41) is 3.55. The highest BCUT2D eigenvalue weighted by Crippen LogP contribution is 2.19. The molecular formula is C14H16ClN3O. The van der Waals surface area contributed by atoms with Crippen LogP contribution in [0.1, 0.15) is 17.1 Å². The van der Waals surface area contributed by atoms with Crippen LogP contribution in [0.15, 0.2) is 30.3 Å². The van der Waals surface area contributed by atoms with Crippen LogP contribution in [0, 0.1) is 6.92 Å². The van der Waals surface area contributed by atoms with Crippen LogP contribution in [0.4, 0.5) is 0 Å². The summed E-state index contributed by atoms with van der Waals surface area (Å²) < 4.78 is 5.76.